The monoisotopic (exact) mass is 550 g/mol. The Labute approximate surface area is 224 Å². The number of nitrogens with zero attached hydrogens (tertiary/aromatic N) is 3. The van der Waals surface area contributed by atoms with Crippen molar-refractivity contribution in [2.24, 2.45) is 5.73 Å². The Morgan fingerprint density at radius 1 is 1.13 bits per heavy atom. The van der Waals surface area contributed by atoms with E-state index in [0.29, 0.717) is 24.3 Å². The predicted octanol–water partition coefficient (Wildman–Crippen LogP) is 3.40. The predicted molar refractivity (Wildman–Crippen MR) is 144 cm³/mol. The second-order valence-corrected chi connectivity index (χ2v) is 11.7. The third-order valence-corrected chi connectivity index (χ3v) is 9.19. The molecule has 2 N–H and O–H groups in total. The average molecular weight is 551 g/mol. The summed E-state index contributed by atoms with van der Waals surface area (Å²) in [5, 5.41) is 5.37. The van der Waals surface area contributed by atoms with Gasteiger partial charge in [0.15, 0.2) is 0 Å². The van der Waals surface area contributed by atoms with Crippen LogP contribution in [0.15, 0.2) is 76.4 Å². The van der Waals surface area contributed by atoms with Crippen LogP contribution in [-0.2, 0) is 27.9 Å². The number of carbonyl (C=O) groups excluding carboxylic acids is 2. The van der Waals surface area contributed by atoms with Crippen LogP contribution in [0.25, 0.3) is 10.8 Å². The minimum Gasteiger partial charge on any atom is -0.497 e. The maximum Gasteiger partial charge on any atom is 0.267 e. The molecule has 3 heterocycles. The Morgan fingerprint density at radius 2 is 1.95 bits per heavy atom. The summed E-state index contributed by atoms with van der Waals surface area (Å²) in [4.78, 5) is 30.7. The molecule has 9 nitrogen and oxygen atoms in total. The molecule has 4 aromatic rings. The zero-order valence-corrected chi connectivity index (χ0v) is 22.2. The number of hydrogen-bond donors (Lipinski definition) is 1. The number of methoxy groups -OCH3 is 1. The van der Waals surface area contributed by atoms with Gasteiger partial charge in [-0.3, -0.25) is 14.6 Å². The maximum absolute atomic E-state index is 14.0. The standard InChI is InChI=1S/C27H26N4O5S2/c1-36-22-4-2-20-3-5-23(14-21(20)13-22)38(34,35)31(16-19-8-11-37-17-19)25-7-10-30(27(25)33)15-18-6-9-29-24(12-18)26(28)32/h2-6,8-9,11-14,17,25H,7,10,15-16H2,1H3,(H2,28,32)/t25-/m0/s1. The van der Waals surface area contributed by atoms with Crippen molar-refractivity contribution in [1.82, 2.24) is 14.2 Å². The van der Waals surface area contributed by atoms with Gasteiger partial charge in [-0.25, -0.2) is 8.42 Å². The van der Waals surface area contributed by atoms with Crippen molar-refractivity contribution in [2.45, 2.75) is 30.4 Å². The molecule has 0 saturated carbocycles. The summed E-state index contributed by atoms with van der Waals surface area (Å²) in [7, 11) is -2.48. The van der Waals surface area contributed by atoms with Crippen LogP contribution < -0.4 is 10.5 Å². The highest BCUT2D eigenvalue weighted by atomic mass is 32.2. The number of ether oxygens (including phenoxy) is 1. The molecular weight excluding hydrogens is 524 g/mol. The quantitative estimate of drug-likeness (QED) is 0.341. The molecule has 0 spiro atoms. The zero-order valence-electron chi connectivity index (χ0n) is 20.6. The van der Waals surface area contributed by atoms with Crippen molar-refractivity contribution in [2.75, 3.05) is 13.7 Å². The summed E-state index contributed by atoms with van der Waals surface area (Å²) in [6.45, 7) is 0.676. The van der Waals surface area contributed by atoms with E-state index < -0.39 is 22.0 Å². The fourth-order valence-corrected chi connectivity index (χ4v) is 6.92. The number of sulfonamides is 1. The average Bonchev–Trinajstić information content (AvgIpc) is 3.56. The van der Waals surface area contributed by atoms with Gasteiger partial charge in [-0.2, -0.15) is 15.6 Å². The lowest BCUT2D eigenvalue weighted by Gasteiger charge is -2.27. The van der Waals surface area contributed by atoms with E-state index in [4.69, 9.17) is 10.5 Å². The van der Waals surface area contributed by atoms with Gasteiger partial charge < -0.3 is 15.4 Å². The van der Waals surface area contributed by atoms with E-state index in [2.05, 4.69) is 4.98 Å². The number of nitrogens with two attached hydrogens (primary N) is 1. The molecule has 2 aromatic heterocycles. The van der Waals surface area contributed by atoms with Crippen LogP contribution in [0.5, 0.6) is 5.75 Å². The first-order valence-corrected chi connectivity index (χ1v) is 14.3. The lowest BCUT2D eigenvalue weighted by molar-refractivity contribution is -0.131. The summed E-state index contributed by atoms with van der Waals surface area (Å²) >= 11 is 1.47. The molecule has 0 bridgehead atoms. The summed E-state index contributed by atoms with van der Waals surface area (Å²) in [6, 6.07) is 14.7. The molecule has 1 aliphatic rings. The molecule has 1 aliphatic heterocycles. The molecule has 0 radical (unpaired) electrons. The topological polar surface area (TPSA) is 123 Å². The van der Waals surface area contributed by atoms with E-state index in [-0.39, 0.29) is 29.6 Å². The van der Waals surface area contributed by atoms with Gasteiger partial charge >= 0.3 is 0 Å². The molecule has 1 saturated heterocycles. The Balaban J connectivity index is 1.47. The second kappa shape index (κ2) is 10.5. The van der Waals surface area contributed by atoms with Gasteiger partial charge in [-0.15, -0.1) is 0 Å². The zero-order chi connectivity index (χ0) is 26.9. The molecule has 1 atom stereocenters. The van der Waals surface area contributed by atoms with Gasteiger partial charge in [0.25, 0.3) is 5.91 Å². The van der Waals surface area contributed by atoms with Crippen LogP contribution >= 0.6 is 11.3 Å². The van der Waals surface area contributed by atoms with E-state index in [0.717, 1.165) is 16.3 Å². The van der Waals surface area contributed by atoms with Gasteiger partial charge in [-0.05, 0) is 81.5 Å². The smallest absolute Gasteiger partial charge is 0.267 e. The minimum atomic E-state index is -4.04. The SMILES string of the molecule is COc1ccc2ccc(S(=O)(=O)N(Cc3ccsc3)[C@H]3CCN(Cc4ccnc(C(N)=O)c4)C3=O)cc2c1. The Bertz CT molecular complexity index is 1610. The molecule has 0 aliphatic carbocycles. The van der Waals surface area contributed by atoms with Gasteiger partial charge in [-0.1, -0.05) is 12.1 Å². The van der Waals surface area contributed by atoms with Gasteiger partial charge in [0.05, 0.1) is 12.0 Å². The van der Waals surface area contributed by atoms with Gasteiger partial charge in [0, 0.05) is 25.8 Å². The summed E-state index contributed by atoms with van der Waals surface area (Å²) in [5.74, 6) is -0.318. The van der Waals surface area contributed by atoms with Crippen LogP contribution in [-0.4, -0.2) is 54.1 Å². The molecule has 2 amide bonds. The maximum atomic E-state index is 14.0. The Morgan fingerprint density at radius 3 is 2.68 bits per heavy atom. The Kier molecular flexibility index (Phi) is 7.15. The number of likely N-dealkylation sites (tertiary alicyclic amines) is 1. The van der Waals surface area contributed by atoms with Crippen LogP contribution in [0.1, 0.15) is 28.0 Å². The van der Waals surface area contributed by atoms with Crippen molar-refractivity contribution < 1.29 is 22.7 Å². The van der Waals surface area contributed by atoms with E-state index in [1.165, 1.54) is 21.8 Å². The van der Waals surface area contributed by atoms with E-state index in [9.17, 15) is 18.0 Å². The number of carbonyl (C=O) groups is 2. The van der Waals surface area contributed by atoms with Crippen LogP contribution in [0.2, 0.25) is 0 Å². The van der Waals surface area contributed by atoms with Gasteiger partial charge in [0.1, 0.15) is 17.5 Å². The largest absolute Gasteiger partial charge is 0.497 e. The molecule has 2 aromatic carbocycles. The van der Waals surface area contributed by atoms with Crippen LogP contribution in [0.3, 0.4) is 0 Å². The number of thiophene rings is 1. The first kappa shape index (κ1) is 25.8. The number of aromatic nitrogens is 1. The second-order valence-electron chi connectivity index (χ2n) is 9.03. The van der Waals surface area contributed by atoms with Crippen LogP contribution in [0, 0.1) is 0 Å². The normalized spacial score (nSPS) is 15.9. The number of rotatable bonds is 9. The molecule has 0 unspecified atom stereocenters. The van der Waals surface area contributed by atoms with Gasteiger partial charge in [0.2, 0.25) is 15.9 Å². The summed E-state index contributed by atoms with van der Waals surface area (Å²) in [6.07, 6.45) is 1.81. The fourth-order valence-electron chi connectivity index (χ4n) is 4.63. The van der Waals surface area contributed by atoms with Crippen molar-refractivity contribution in [3.05, 3.63) is 88.4 Å². The molecule has 11 heteroatoms. The number of pyridine rings is 1. The van der Waals surface area contributed by atoms with Crippen molar-refractivity contribution in [3.8, 4) is 5.75 Å². The molecule has 38 heavy (non-hydrogen) atoms. The van der Waals surface area contributed by atoms with Crippen molar-refractivity contribution >= 4 is 43.9 Å². The fraction of sp³-hybridized carbons (Fsp3) is 0.222. The first-order valence-electron chi connectivity index (χ1n) is 11.9. The third kappa shape index (κ3) is 5.13. The van der Waals surface area contributed by atoms with E-state index in [1.54, 1.807) is 48.4 Å². The third-order valence-electron chi connectivity index (χ3n) is 6.61. The van der Waals surface area contributed by atoms with Crippen molar-refractivity contribution in [1.29, 1.82) is 0 Å². The highest BCUT2D eigenvalue weighted by molar-refractivity contribution is 7.89. The molecule has 5 rings (SSSR count). The molecule has 196 valence electrons. The summed E-state index contributed by atoms with van der Waals surface area (Å²) < 4.78 is 34.7. The highest BCUT2D eigenvalue weighted by Crippen LogP contribution is 2.31. The molecular formula is C27H26N4O5S2. The number of amides is 2. The highest BCUT2D eigenvalue weighted by Gasteiger charge is 2.42. The number of benzene rings is 2. The number of hydrogen-bond acceptors (Lipinski definition) is 7. The number of fused-ring (bicyclic) bond motifs is 1. The Hall–Kier alpha value is -3.80. The minimum absolute atomic E-state index is 0.0767. The lowest BCUT2D eigenvalue weighted by Crippen LogP contribution is -2.44. The van der Waals surface area contributed by atoms with Crippen molar-refractivity contribution in [3.63, 3.8) is 0 Å². The van der Waals surface area contributed by atoms with E-state index in [1.807, 2.05) is 29.0 Å². The number of primary amides is 1. The lowest BCUT2D eigenvalue weighted by atomic mass is 10.1. The summed E-state index contributed by atoms with van der Waals surface area (Å²) in [5.41, 5.74) is 6.95. The van der Waals surface area contributed by atoms with Crippen LogP contribution in [0.4, 0.5) is 0 Å². The first-order chi connectivity index (χ1) is 18.3. The van der Waals surface area contributed by atoms with E-state index >= 15 is 0 Å². The molecule has 1 fully saturated rings.